The van der Waals surface area contributed by atoms with Crippen molar-refractivity contribution in [2.45, 2.75) is 62.8 Å². The Hall–Kier alpha value is -0.830. The Morgan fingerprint density at radius 1 is 1.41 bits per heavy atom. The zero-order valence-electron chi connectivity index (χ0n) is 10.8. The third-order valence-electron chi connectivity index (χ3n) is 4.46. The van der Waals surface area contributed by atoms with Crippen LogP contribution in [0.2, 0.25) is 0 Å². The van der Waals surface area contributed by atoms with Gasteiger partial charge in [-0.15, -0.1) is 0 Å². The van der Waals surface area contributed by atoms with Crippen molar-refractivity contribution in [2.24, 2.45) is 12.8 Å². The van der Waals surface area contributed by atoms with Crippen LogP contribution in [0.25, 0.3) is 0 Å². The molecule has 17 heavy (non-hydrogen) atoms. The molecule has 0 aliphatic heterocycles. The Balaban J connectivity index is 1.73. The minimum absolute atomic E-state index is 0.169. The maximum absolute atomic E-state index is 6.18. The van der Waals surface area contributed by atoms with E-state index in [-0.39, 0.29) is 5.54 Å². The first kappa shape index (κ1) is 11.3. The van der Waals surface area contributed by atoms with Crippen LogP contribution in [0.5, 0.6) is 0 Å². The lowest BCUT2D eigenvalue weighted by Gasteiger charge is -2.11. The predicted molar refractivity (Wildman–Crippen MR) is 68.9 cm³/mol. The van der Waals surface area contributed by atoms with Crippen LogP contribution in [0, 0.1) is 0 Å². The predicted octanol–water partition coefficient (Wildman–Crippen LogP) is 2.50. The number of hydrogen-bond acceptors (Lipinski definition) is 2. The van der Waals surface area contributed by atoms with E-state index in [1.165, 1.54) is 49.8 Å². The summed E-state index contributed by atoms with van der Waals surface area (Å²) < 4.78 is 1.99. The number of nitrogens with zero attached hydrogens (tertiary/aromatic N) is 2. The molecule has 3 rings (SSSR count). The molecule has 1 heterocycles. The standard InChI is InChI=1S/C14H23N3/c1-17-10-12(6-7-14(15)8-9-14)13(16-17)11-4-2-3-5-11/h10-11H,2-9,15H2,1H3. The highest BCUT2D eigenvalue weighted by molar-refractivity contribution is 5.23. The number of aromatic nitrogens is 2. The normalized spacial score (nSPS) is 23.2. The van der Waals surface area contributed by atoms with Crippen LogP contribution in [0.15, 0.2) is 6.20 Å². The summed E-state index contributed by atoms with van der Waals surface area (Å²) in [5, 5.41) is 4.69. The second-order valence-corrected chi connectivity index (χ2v) is 6.06. The summed E-state index contributed by atoms with van der Waals surface area (Å²) in [7, 11) is 2.04. The number of aryl methyl sites for hydroxylation is 2. The van der Waals surface area contributed by atoms with Gasteiger partial charge in [-0.25, -0.2) is 0 Å². The van der Waals surface area contributed by atoms with Gasteiger partial charge >= 0.3 is 0 Å². The molecule has 3 nitrogen and oxygen atoms in total. The average molecular weight is 233 g/mol. The Morgan fingerprint density at radius 3 is 2.76 bits per heavy atom. The lowest BCUT2D eigenvalue weighted by Crippen LogP contribution is -2.22. The van der Waals surface area contributed by atoms with Gasteiger partial charge in [-0.05, 0) is 44.1 Å². The smallest absolute Gasteiger partial charge is 0.0687 e. The van der Waals surface area contributed by atoms with Crippen LogP contribution < -0.4 is 5.73 Å². The van der Waals surface area contributed by atoms with Gasteiger partial charge < -0.3 is 5.73 Å². The quantitative estimate of drug-likeness (QED) is 0.868. The highest BCUT2D eigenvalue weighted by atomic mass is 15.3. The van der Waals surface area contributed by atoms with Gasteiger partial charge in [0.25, 0.3) is 0 Å². The summed E-state index contributed by atoms with van der Waals surface area (Å²) in [6.07, 6.45) is 12.3. The van der Waals surface area contributed by atoms with E-state index in [0.717, 1.165) is 18.8 Å². The van der Waals surface area contributed by atoms with Crippen molar-refractivity contribution in [1.82, 2.24) is 9.78 Å². The second kappa shape index (κ2) is 4.13. The van der Waals surface area contributed by atoms with Crippen molar-refractivity contribution in [3.05, 3.63) is 17.5 Å². The second-order valence-electron chi connectivity index (χ2n) is 6.06. The molecule has 0 radical (unpaired) electrons. The van der Waals surface area contributed by atoms with E-state index in [9.17, 15) is 0 Å². The Labute approximate surface area is 103 Å². The molecule has 0 bridgehead atoms. The molecule has 3 heteroatoms. The fourth-order valence-corrected chi connectivity index (χ4v) is 3.08. The van der Waals surface area contributed by atoms with Crippen molar-refractivity contribution in [2.75, 3.05) is 0 Å². The van der Waals surface area contributed by atoms with Crippen LogP contribution in [0.3, 0.4) is 0 Å². The molecule has 0 amide bonds. The SMILES string of the molecule is Cn1cc(CCC2(N)CC2)c(C2CCCC2)n1. The summed E-state index contributed by atoms with van der Waals surface area (Å²) in [5.74, 6) is 0.721. The largest absolute Gasteiger partial charge is 0.325 e. The van der Waals surface area contributed by atoms with Gasteiger partial charge in [-0.1, -0.05) is 12.8 Å². The molecule has 0 unspecified atom stereocenters. The molecule has 2 fully saturated rings. The van der Waals surface area contributed by atoms with E-state index < -0.39 is 0 Å². The summed E-state index contributed by atoms with van der Waals surface area (Å²) in [4.78, 5) is 0. The Bertz CT molecular complexity index is 398. The van der Waals surface area contributed by atoms with Crippen LogP contribution in [-0.4, -0.2) is 15.3 Å². The van der Waals surface area contributed by atoms with E-state index in [1.807, 2.05) is 11.7 Å². The van der Waals surface area contributed by atoms with Gasteiger partial charge in [0.2, 0.25) is 0 Å². The van der Waals surface area contributed by atoms with E-state index in [1.54, 1.807) is 0 Å². The van der Waals surface area contributed by atoms with Crippen molar-refractivity contribution < 1.29 is 0 Å². The molecule has 1 aromatic rings. The summed E-state index contributed by atoms with van der Waals surface area (Å²) in [6, 6.07) is 0. The Kier molecular flexibility index (Phi) is 2.74. The molecular formula is C14H23N3. The van der Waals surface area contributed by atoms with Crippen LogP contribution in [-0.2, 0) is 13.5 Å². The maximum atomic E-state index is 6.18. The van der Waals surface area contributed by atoms with Gasteiger partial charge in [0.1, 0.15) is 0 Å². The first-order valence-corrected chi connectivity index (χ1v) is 6.98. The monoisotopic (exact) mass is 233 g/mol. The molecule has 94 valence electrons. The van der Waals surface area contributed by atoms with E-state index >= 15 is 0 Å². The molecule has 0 aromatic carbocycles. The minimum atomic E-state index is 0.169. The fraction of sp³-hybridized carbons (Fsp3) is 0.786. The van der Waals surface area contributed by atoms with Gasteiger partial charge in [-0.2, -0.15) is 5.10 Å². The number of rotatable bonds is 4. The van der Waals surface area contributed by atoms with Crippen molar-refractivity contribution in [3.8, 4) is 0 Å². The Morgan fingerprint density at radius 2 is 2.12 bits per heavy atom. The van der Waals surface area contributed by atoms with E-state index in [0.29, 0.717) is 0 Å². The zero-order chi connectivity index (χ0) is 11.9. The van der Waals surface area contributed by atoms with Crippen LogP contribution >= 0.6 is 0 Å². The molecule has 0 saturated heterocycles. The molecular weight excluding hydrogens is 210 g/mol. The lowest BCUT2D eigenvalue weighted by molar-refractivity contribution is 0.600. The van der Waals surface area contributed by atoms with Gasteiger partial charge in [0.05, 0.1) is 5.69 Å². The highest BCUT2D eigenvalue weighted by Gasteiger charge is 2.37. The lowest BCUT2D eigenvalue weighted by atomic mass is 9.96. The van der Waals surface area contributed by atoms with Crippen LogP contribution in [0.1, 0.15) is 62.1 Å². The molecule has 0 spiro atoms. The first-order valence-electron chi connectivity index (χ1n) is 6.98. The summed E-state index contributed by atoms with van der Waals surface area (Å²) in [6.45, 7) is 0. The van der Waals surface area contributed by atoms with Crippen molar-refractivity contribution in [1.29, 1.82) is 0 Å². The molecule has 0 atom stereocenters. The van der Waals surface area contributed by atoms with E-state index in [2.05, 4.69) is 11.3 Å². The third-order valence-corrected chi connectivity index (χ3v) is 4.46. The number of nitrogens with two attached hydrogens (primary N) is 1. The summed E-state index contributed by atoms with van der Waals surface area (Å²) in [5.41, 5.74) is 9.17. The molecule has 2 N–H and O–H groups in total. The molecule has 2 aliphatic rings. The molecule has 1 aromatic heterocycles. The molecule has 2 saturated carbocycles. The van der Waals surface area contributed by atoms with Gasteiger partial charge in [-0.3, -0.25) is 4.68 Å². The maximum Gasteiger partial charge on any atom is 0.0687 e. The number of hydrogen-bond donors (Lipinski definition) is 1. The average Bonchev–Trinajstić information content (AvgIpc) is 2.75. The summed E-state index contributed by atoms with van der Waals surface area (Å²) >= 11 is 0. The highest BCUT2D eigenvalue weighted by Crippen LogP contribution is 2.39. The third kappa shape index (κ3) is 2.39. The zero-order valence-corrected chi connectivity index (χ0v) is 10.8. The van der Waals surface area contributed by atoms with Gasteiger partial charge in [0.15, 0.2) is 0 Å². The van der Waals surface area contributed by atoms with E-state index in [4.69, 9.17) is 5.73 Å². The van der Waals surface area contributed by atoms with Crippen molar-refractivity contribution in [3.63, 3.8) is 0 Å². The fourth-order valence-electron chi connectivity index (χ4n) is 3.08. The van der Waals surface area contributed by atoms with Crippen LogP contribution in [0.4, 0.5) is 0 Å². The molecule has 2 aliphatic carbocycles. The van der Waals surface area contributed by atoms with Crippen molar-refractivity contribution >= 4 is 0 Å². The van der Waals surface area contributed by atoms with Gasteiger partial charge in [0, 0.05) is 24.7 Å². The topological polar surface area (TPSA) is 43.8 Å². The first-order chi connectivity index (χ1) is 8.16. The minimum Gasteiger partial charge on any atom is -0.325 e.